The Hall–Kier alpha value is -2.63. The molecule has 2 aromatic rings. The van der Waals surface area contributed by atoms with Crippen molar-refractivity contribution in [3.05, 3.63) is 52.8 Å². The summed E-state index contributed by atoms with van der Waals surface area (Å²) in [6.45, 7) is 7.73. The molecule has 6 nitrogen and oxygen atoms in total. The number of hydrogen-bond acceptors (Lipinski definition) is 3. The third-order valence-corrected chi connectivity index (χ3v) is 4.19. The number of carbonyl (C=O) groups is 2. The summed E-state index contributed by atoms with van der Waals surface area (Å²) < 4.78 is 1.66. The fourth-order valence-corrected chi connectivity index (χ4v) is 3.06. The molecule has 2 amide bonds. The lowest BCUT2D eigenvalue weighted by Gasteiger charge is -2.20. The lowest BCUT2D eigenvalue weighted by molar-refractivity contribution is 0.0745. The predicted octanol–water partition coefficient (Wildman–Crippen LogP) is 2.38. The van der Waals surface area contributed by atoms with Crippen LogP contribution in [0.1, 0.15) is 52.4 Å². The normalized spacial score (nSPS) is 14.4. The van der Waals surface area contributed by atoms with Crippen LogP contribution in [0.5, 0.6) is 0 Å². The zero-order valence-electron chi connectivity index (χ0n) is 15.0. The summed E-state index contributed by atoms with van der Waals surface area (Å²) in [6.07, 6.45) is 0.817. The minimum Gasteiger partial charge on any atom is -0.348 e. The highest BCUT2D eigenvalue weighted by Crippen LogP contribution is 2.17. The van der Waals surface area contributed by atoms with Crippen LogP contribution in [0, 0.1) is 6.92 Å². The van der Waals surface area contributed by atoms with Gasteiger partial charge in [-0.15, -0.1) is 0 Å². The third-order valence-electron chi connectivity index (χ3n) is 4.19. The minimum absolute atomic E-state index is 0.0301. The molecular formula is C19H24N4O2. The van der Waals surface area contributed by atoms with Crippen molar-refractivity contribution in [1.29, 1.82) is 0 Å². The van der Waals surface area contributed by atoms with Crippen LogP contribution in [-0.2, 0) is 13.1 Å². The molecule has 0 fully saturated rings. The molecule has 0 unspecified atom stereocenters. The summed E-state index contributed by atoms with van der Waals surface area (Å²) in [4.78, 5) is 26.9. The maximum Gasteiger partial charge on any atom is 0.272 e. The Labute approximate surface area is 147 Å². The maximum atomic E-state index is 12.9. The monoisotopic (exact) mass is 340 g/mol. The molecule has 0 bridgehead atoms. The molecule has 0 spiro atoms. The molecule has 1 aliphatic heterocycles. The van der Waals surface area contributed by atoms with Gasteiger partial charge in [0.05, 0.1) is 0 Å². The number of rotatable bonds is 4. The van der Waals surface area contributed by atoms with Gasteiger partial charge < -0.3 is 10.2 Å². The Morgan fingerprint density at radius 3 is 2.80 bits per heavy atom. The van der Waals surface area contributed by atoms with E-state index in [0.717, 1.165) is 12.0 Å². The fourth-order valence-electron chi connectivity index (χ4n) is 3.06. The van der Waals surface area contributed by atoms with E-state index in [-0.39, 0.29) is 17.9 Å². The summed E-state index contributed by atoms with van der Waals surface area (Å²) in [5.74, 6) is -0.316. The second-order valence-electron chi connectivity index (χ2n) is 6.84. The van der Waals surface area contributed by atoms with Gasteiger partial charge >= 0.3 is 0 Å². The van der Waals surface area contributed by atoms with E-state index in [1.165, 1.54) is 5.56 Å². The average molecular weight is 340 g/mol. The molecule has 0 saturated heterocycles. The van der Waals surface area contributed by atoms with Gasteiger partial charge in [-0.2, -0.15) is 5.10 Å². The van der Waals surface area contributed by atoms with E-state index in [9.17, 15) is 9.59 Å². The molecule has 1 N–H and O–H groups in total. The standard InChI is InChI=1S/C19H24N4O2/c1-13(2)20-18(24)16-11-17-19(25)22(8-5-9-23(17)21-16)12-15-7-4-6-14(3)10-15/h4,6-7,10-11,13H,5,8-9,12H2,1-3H3,(H,20,24). The molecule has 0 aliphatic carbocycles. The molecule has 1 aromatic heterocycles. The molecular weight excluding hydrogens is 316 g/mol. The highest BCUT2D eigenvalue weighted by Gasteiger charge is 2.26. The number of nitrogens with zero attached hydrogens (tertiary/aromatic N) is 3. The van der Waals surface area contributed by atoms with Gasteiger partial charge in [0.1, 0.15) is 5.69 Å². The van der Waals surface area contributed by atoms with Crippen LogP contribution < -0.4 is 5.32 Å². The molecule has 0 atom stereocenters. The topological polar surface area (TPSA) is 67.2 Å². The Morgan fingerprint density at radius 1 is 1.28 bits per heavy atom. The first-order valence-corrected chi connectivity index (χ1v) is 8.67. The lowest BCUT2D eigenvalue weighted by Crippen LogP contribution is -2.31. The van der Waals surface area contributed by atoms with Crippen molar-refractivity contribution in [3.63, 3.8) is 0 Å². The minimum atomic E-state index is -0.242. The Bertz CT molecular complexity index is 794. The van der Waals surface area contributed by atoms with Crippen LogP contribution in [0.25, 0.3) is 0 Å². The molecule has 132 valence electrons. The second-order valence-corrected chi connectivity index (χ2v) is 6.84. The zero-order chi connectivity index (χ0) is 18.0. The van der Waals surface area contributed by atoms with E-state index in [4.69, 9.17) is 0 Å². The first kappa shape index (κ1) is 17.2. The number of benzene rings is 1. The van der Waals surface area contributed by atoms with E-state index >= 15 is 0 Å². The number of fused-ring (bicyclic) bond motifs is 1. The van der Waals surface area contributed by atoms with Gasteiger partial charge in [0.25, 0.3) is 11.8 Å². The van der Waals surface area contributed by atoms with Crippen LogP contribution in [0.3, 0.4) is 0 Å². The van der Waals surface area contributed by atoms with Crippen LogP contribution in [-0.4, -0.2) is 39.1 Å². The highest BCUT2D eigenvalue weighted by atomic mass is 16.2. The number of aromatic nitrogens is 2. The summed E-state index contributed by atoms with van der Waals surface area (Å²) in [5.41, 5.74) is 3.07. The van der Waals surface area contributed by atoms with E-state index in [1.807, 2.05) is 43.9 Å². The van der Waals surface area contributed by atoms with E-state index in [2.05, 4.69) is 16.5 Å². The number of nitrogens with one attached hydrogen (secondary N) is 1. The SMILES string of the molecule is Cc1cccc(CN2CCCn3nc(C(=O)NC(C)C)cc3C2=O)c1. The highest BCUT2D eigenvalue weighted by molar-refractivity contribution is 5.98. The van der Waals surface area contributed by atoms with Crippen molar-refractivity contribution in [3.8, 4) is 0 Å². The van der Waals surface area contributed by atoms with Gasteiger partial charge in [0.2, 0.25) is 0 Å². The quantitative estimate of drug-likeness (QED) is 0.929. The second kappa shape index (κ2) is 7.09. The van der Waals surface area contributed by atoms with Crippen LogP contribution in [0.15, 0.2) is 30.3 Å². The molecule has 25 heavy (non-hydrogen) atoms. The van der Waals surface area contributed by atoms with Gasteiger partial charge in [-0.05, 0) is 32.8 Å². The van der Waals surface area contributed by atoms with Crippen molar-refractivity contribution < 1.29 is 9.59 Å². The molecule has 6 heteroatoms. The van der Waals surface area contributed by atoms with E-state index in [1.54, 1.807) is 10.7 Å². The van der Waals surface area contributed by atoms with Crippen LogP contribution in [0.2, 0.25) is 0 Å². The predicted molar refractivity (Wildman–Crippen MR) is 95.4 cm³/mol. The Balaban J connectivity index is 1.82. The van der Waals surface area contributed by atoms with Gasteiger partial charge in [0.15, 0.2) is 5.69 Å². The van der Waals surface area contributed by atoms with E-state index in [0.29, 0.717) is 31.0 Å². The number of hydrogen-bond donors (Lipinski definition) is 1. The lowest BCUT2D eigenvalue weighted by atomic mass is 10.1. The fraction of sp³-hybridized carbons (Fsp3) is 0.421. The van der Waals surface area contributed by atoms with Gasteiger partial charge in [-0.1, -0.05) is 29.8 Å². The van der Waals surface area contributed by atoms with Crippen molar-refractivity contribution in [2.24, 2.45) is 0 Å². The first-order chi connectivity index (χ1) is 11.9. The average Bonchev–Trinajstić information content (AvgIpc) is 2.91. The summed E-state index contributed by atoms with van der Waals surface area (Å²) in [5, 5.41) is 7.14. The zero-order valence-corrected chi connectivity index (χ0v) is 15.0. The third kappa shape index (κ3) is 3.90. The number of carbonyl (C=O) groups excluding carboxylic acids is 2. The summed E-state index contributed by atoms with van der Waals surface area (Å²) in [7, 11) is 0. The smallest absolute Gasteiger partial charge is 0.272 e. The Morgan fingerprint density at radius 2 is 2.08 bits per heavy atom. The number of aryl methyl sites for hydroxylation is 2. The van der Waals surface area contributed by atoms with Gasteiger partial charge in [-0.3, -0.25) is 14.3 Å². The van der Waals surface area contributed by atoms with Crippen molar-refractivity contribution in [2.45, 2.75) is 46.3 Å². The molecule has 0 saturated carbocycles. The maximum absolute atomic E-state index is 12.9. The molecule has 3 rings (SSSR count). The van der Waals surface area contributed by atoms with Gasteiger partial charge in [0, 0.05) is 31.7 Å². The molecule has 2 heterocycles. The van der Waals surface area contributed by atoms with Crippen LogP contribution in [0.4, 0.5) is 0 Å². The van der Waals surface area contributed by atoms with Crippen LogP contribution >= 0.6 is 0 Å². The first-order valence-electron chi connectivity index (χ1n) is 8.67. The molecule has 1 aliphatic rings. The van der Waals surface area contributed by atoms with Gasteiger partial charge in [-0.25, -0.2) is 0 Å². The van der Waals surface area contributed by atoms with Crippen molar-refractivity contribution in [2.75, 3.05) is 6.54 Å². The van der Waals surface area contributed by atoms with E-state index < -0.39 is 0 Å². The number of amides is 2. The molecule has 0 radical (unpaired) electrons. The summed E-state index contributed by atoms with van der Waals surface area (Å²) >= 11 is 0. The molecule has 1 aromatic carbocycles. The Kier molecular flexibility index (Phi) is 4.88. The van der Waals surface area contributed by atoms with Crippen molar-refractivity contribution in [1.82, 2.24) is 20.0 Å². The summed E-state index contributed by atoms with van der Waals surface area (Å²) in [6, 6.07) is 9.81. The largest absolute Gasteiger partial charge is 0.348 e. The van der Waals surface area contributed by atoms with Crippen molar-refractivity contribution >= 4 is 11.8 Å².